The minimum Gasteiger partial charge on any atom is -0.294 e. The summed E-state index contributed by atoms with van der Waals surface area (Å²) in [5.74, 6) is -1.94. The zero-order valence-corrected chi connectivity index (χ0v) is 9.91. The molecule has 0 bridgehead atoms. The molecule has 0 aliphatic carbocycles. The van der Waals surface area contributed by atoms with E-state index in [2.05, 4.69) is 0 Å². The summed E-state index contributed by atoms with van der Waals surface area (Å²) >= 11 is 0. The van der Waals surface area contributed by atoms with Gasteiger partial charge in [0.2, 0.25) is 0 Å². The highest BCUT2D eigenvalue weighted by Gasteiger charge is 2.09. The largest absolute Gasteiger partial charge is 0.294 e. The second-order valence-corrected chi connectivity index (χ2v) is 4.21. The number of benzene rings is 2. The molecule has 0 saturated carbocycles. The van der Waals surface area contributed by atoms with E-state index in [1.807, 2.05) is 19.1 Å². The molecule has 0 aliphatic rings. The Kier molecular flexibility index (Phi) is 3.51. The molecule has 0 heterocycles. The number of Topliss-reactive ketones (excluding diaryl/α,β-unsaturated/α-hetero) is 1. The molecule has 0 spiro atoms. The second kappa shape index (κ2) is 5.08. The highest BCUT2D eigenvalue weighted by molar-refractivity contribution is 5.97. The highest BCUT2D eigenvalue weighted by Crippen LogP contribution is 2.12. The molecular formula is C15H12F2O. The Morgan fingerprint density at radius 1 is 1.00 bits per heavy atom. The molecule has 2 aromatic carbocycles. The van der Waals surface area contributed by atoms with Crippen LogP contribution in [0.25, 0.3) is 0 Å². The van der Waals surface area contributed by atoms with E-state index in [1.165, 1.54) is 6.07 Å². The van der Waals surface area contributed by atoms with Gasteiger partial charge < -0.3 is 0 Å². The fourth-order valence-corrected chi connectivity index (χ4v) is 1.68. The summed E-state index contributed by atoms with van der Waals surface area (Å²) in [7, 11) is 0. The van der Waals surface area contributed by atoms with Crippen LogP contribution in [0.3, 0.4) is 0 Å². The lowest BCUT2D eigenvalue weighted by Crippen LogP contribution is -2.04. The average molecular weight is 246 g/mol. The first kappa shape index (κ1) is 12.4. The molecule has 2 rings (SSSR count). The summed E-state index contributed by atoms with van der Waals surface area (Å²) in [6, 6.07) is 10.7. The Morgan fingerprint density at radius 3 is 2.28 bits per heavy atom. The van der Waals surface area contributed by atoms with Crippen LogP contribution in [-0.2, 0) is 6.42 Å². The normalized spacial score (nSPS) is 10.4. The molecule has 0 unspecified atom stereocenters. The van der Waals surface area contributed by atoms with Gasteiger partial charge in [-0.1, -0.05) is 35.9 Å². The van der Waals surface area contributed by atoms with Gasteiger partial charge in [0, 0.05) is 12.0 Å². The summed E-state index contributed by atoms with van der Waals surface area (Å²) in [5, 5.41) is 0. The molecule has 92 valence electrons. The molecule has 0 saturated heterocycles. The average Bonchev–Trinajstić information content (AvgIpc) is 2.34. The zero-order chi connectivity index (χ0) is 13.1. The Bertz CT molecular complexity index is 574. The SMILES string of the molecule is Cc1ccc(C(=O)Cc2ccc(F)c(F)c2)cc1. The summed E-state index contributed by atoms with van der Waals surface area (Å²) < 4.78 is 25.7. The van der Waals surface area contributed by atoms with Crippen molar-refractivity contribution >= 4 is 5.78 Å². The Morgan fingerprint density at radius 2 is 1.67 bits per heavy atom. The lowest BCUT2D eigenvalue weighted by molar-refractivity contribution is 0.0993. The topological polar surface area (TPSA) is 17.1 Å². The van der Waals surface area contributed by atoms with E-state index >= 15 is 0 Å². The van der Waals surface area contributed by atoms with Gasteiger partial charge in [0.1, 0.15) is 0 Å². The van der Waals surface area contributed by atoms with Gasteiger partial charge in [-0.15, -0.1) is 0 Å². The lowest BCUT2D eigenvalue weighted by Gasteiger charge is -2.03. The number of halogens is 2. The maximum absolute atomic E-state index is 13.0. The molecule has 0 amide bonds. The van der Waals surface area contributed by atoms with Crippen LogP contribution in [0.5, 0.6) is 0 Å². The van der Waals surface area contributed by atoms with Crippen molar-refractivity contribution in [1.29, 1.82) is 0 Å². The minimum atomic E-state index is -0.927. The molecule has 18 heavy (non-hydrogen) atoms. The van der Waals surface area contributed by atoms with Crippen LogP contribution in [0.2, 0.25) is 0 Å². The summed E-state index contributed by atoms with van der Waals surface area (Å²) in [6.45, 7) is 1.93. The van der Waals surface area contributed by atoms with Crippen LogP contribution >= 0.6 is 0 Å². The number of carbonyl (C=O) groups excluding carboxylic acids is 1. The molecular weight excluding hydrogens is 234 g/mol. The maximum Gasteiger partial charge on any atom is 0.167 e. The van der Waals surface area contributed by atoms with Crippen molar-refractivity contribution in [1.82, 2.24) is 0 Å². The van der Waals surface area contributed by atoms with Crippen LogP contribution in [-0.4, -0.2) is 5.78 Å². The zero-order valence-electron chi connectivity index (χ0n) is 9.91. The van der Waals surface area contributed by atoms with Gasteiger partial charge in [0.05, 0.1) is 0 Å². The van der Waals surface area contributed by atoms with Crippen LogP contribution in [0.1, 0.15) is 21.5 Å². The number of hydrogen-bond acceptors (Lipinski definition) is 1. The summed E-state index contributed by atoms with van der Waals surface area (Å²) in [4.78, 5) is 11.9. The minimum absolute atomic E-state index is 0.0697. The first-order valence-corrected chi connectivity index (χ1v) is 5.60. The van der Waals surface area contributed by atoms with Crippen LogP contribution in [0, 0.1) is 18.6 Å². The van der Waals surface area contributed by atoms with Crippen molar-refractivity contribution in [3.05, 3.63) is 70.8 Å². The predicted molar refractivity (Wildman–Crippen MR) is 65.6 cm³/mol. The number of rotatable bonds is 3. The number of hydrogen-bond donors (Lipinski definition) is 0. The first-order valence-electron chi connectivity index (χ1n) is 5.60. The lowest BCUT2D eigenvalue weighted by atomic mass is 10.0. The fourth-order valence-electron chi connectivity index (χ4n) is 1.68. The molecule has 0 N–H and O–H groups in total. The molecule has 0 aromatic heterocycles. The van der Waals surface area contributed by atoms with Crippen molar-refractivity contribution in [2.75, 3.05) is 0 Å². The fraction of sp³-hybridized carbons (Fsp3) is 0.133. The van der Waals surface area contributed by atoms with Crippen molar-refractivity contribution in [3.63, 3.8) is 0 Å². The van der Waals surface area contributed by atoms with Crippen molar-refractivity contribution in [2.45, 2.75) is 13.3 Å². The quantitative estimate of drug-likeness (QED) is 0.755. The molecule has 2 aromatic rings. The van der Waals surface area contributed by atoms with E-state index in [-0.39, 0.29) is 12.2 Å². The van der Waals surface area contributed by atoms with Gasteiger partial charge in [-0.05, 0) is 24.6 Å². The molecule has 1 nitrogen and oxygen atoms in total. The van der Waals surface area contributed by atoms with Gasteiger partial charge in [-0.2, -0.15) is 0 Å². The Hall–Kier alpha value is -2.03. The molecule has 3 heteroatoms. The highest BCUT2D eigenvalue weighted by atomic mass is 19.2. The van der Waals surface area contributed by atoms with Crippen LogP contribution < -0.4 is 0 Å². The van der Waals surface area contributed by atoms with Crippen LogP contribution in [0.15, 0.2) is 42.5 Å². The smallest absolute Gasteiger partial charge is 0.167 e. The second-order valence-electron chi connectivity index (χ2n) is 4.21. The maximum atomic E-state index is 13.0. The van der Waals surface area contributed by atoms with Gasteiger partial charge in [-0.25, -0.2) is 8.78 Å². The summed E-state index contributed by atoms with van der Waals surface area (Å²) in [6.07, 6.45) is 0.0697. The Labute approximate surface area is 104 Å². The number of aryl methyl sites for hydroxylation is 1. The molecule has 0 atom stereocenters. The van der Waals surface area contributed by atoms with E-state index in [1.54, 1.807) is 12.1 Å². The van der Waals surface area contributed by atoms with Crippen molar-refractivity contribution < 1.29 is 13.6 Å². The third-order valence-electron chi connectivity index (χ3n) is 2.72. The van der Waals surface area contributed by atoms with Gasteiger partial charge in [-0.3, -0.25) is 4.79 Å². The van der Waals surface area contributed by atoms with Gasteiger partial charge in [0.15, 0.2) is 17.4 Å². The molecule has 0 radical (unpaired) electrons. The van der Waals surface area contributed by atoms with E-state index in [9.17, 15) is 13.6 Å². The van der Waals surface area contributed by atoms with E-state index in [4.69, 9.17) is 0 Å². The Balaban J connectivity index is 2.16. The number of ketones is 1. The predicted octanol–water partition coefficient (Wildman–Crippen LogP) is 3.70. The first-order chi connectivity index (χ1) is 8.56. The third kappa shape index (κ3) is 2.80. The molecule has 0 aliphatic heterocycles. The monoisotopic (exact) mass is 246 g/mol. The summed E-state index contributed by atoms with van der Waals surface area (Å²) in [5.41, 5.74) is 2.11. The van der Waals surface area contributed by atoms with Gasteiger partial charge >= 0.3 is 0 Å². The number of carbonyl (C=O) groups is 1. The van der Waals surface area contributed by atoms with Gasteiger partial charge in [0.25, 0.3) is 0 Å². The van der Waals surface area contributed by atoms with E-state index in [0.29, 0.717) is 11.1 Å². The third-order valence-corrected chi connectivity index (χ3v) is 2.72. The molecule has 0 fully saturated rings. The van der Waals surface area contributed by atoms with Crippen molar-refractivity contribution in [2.24, 2.45) is 0 Å². The van der Waals surface area contributed by atoms with E-state index in [0.717, 1.165) is 17.7 Å². The van der Waals surface area contributed by atoms with E-state index < -0.39 is 11.6 Å². The standard InChI is InChI=1S/C15H12F2O/c1-10-2-5-12(6-3-10)15(18)9-11-4-7-13(16)14(17)8-11/h2-8H,9H2,1H3. The van der Waals surface area contributed by atoms with Crippen LogP contribution in [0.4, 0.5) is 8.78 Å². The van der Waals surface area contributed by atoms with Crippen molar-refractivity contribution in [3.8, 4) is 0 Å².